The summed E-state index contributed by atoms with van der Waals surface area (Å²) in [6.07, 6.45) is 6.07. The van der Waals surface area contributed by atoms with Gasteiger partial charge in [0.05, 0.1) is 11.5 Å². The summed E-state index contributed by atoms with van der Waals surface area (Å²) in [5, 5.41) is 9.72. The Hall–Kier alpha value is -1.40. The number of hydrogen-bond donors (Lipinski definition) is 2. The molecule has 1 aliphatic rings. The van der Waals surface area contributed by atoms with E-state index in [4.69, 9.17) is 11.1 Å². The SMILES string of the molecule is CC1(C(=N)N)CCN(Cc2cn3ccsc3n2)CC1. The van der Waals surface area contributed by atoms with Crippen LogP contribution in [-0.2, 0) is 6.54 Å². The molecule has 1 saturated heterocycles. The van der Waals surface area contributed by atoms with Crippen LogP contribution >= 0.6 is 11.3 Å². The zero-order chi connectivity index (χ0) is 13.5. The summed E-state index contributed by atoms with van der Waals surface area (Å²) in [6, 6.07) is 0. The van der Waals surface area contributed by atoms with E-state index in [-0.39, 0.29) is 5.41 Å². The first-order chi connectivity index (χ1) is 9.07. The van der Waals surface area contributed by atoms with E-state index >= 15 is 0 Å². The molecule has 3 rings (SSSR count). The number of likely N-dealkylation sites (tertiary alicyclic amines) is 1. The molecule has 1 aliphatic heterocycles. The monoisotopic (exact) mass is 277 g/mol. The van der Waals surface area contributed by atoms with Crippen LogP contribution < -0.4 is 5.73 Å². The second-order valence-electron chi connectivity index (χ2n) is 5.58. The van der Waals surface area contributed by atoms with Gasteiger partial charge >= 0.3 is 0 Å². The molecule has 0 saturated carbocycles. The predicted octanol–water partition coefficient (Wildman–Crippen LogP) is 1.93. The zero-order valence-corrected chi connectivity index (χ0v) is 11.9. The van der Waals surface area contributed by atoms with E-state index in [2.05, 4.69) is 27.4 Å². The molecule has 3 heterocycles. The van der Waals surface area contributed by atoms with E-state index < -0.39 is 0 Å². The average molecular weight is 277 g/mol. The molecule has 0 atom stereocenters. The molecule has 0 spiro atoms. The summed E-state index contributed by atoms with van der Waals surface area (Å²) in [4.78, 5) is 8.07. The van der Waals surface area contributed by atoms with Crippen LogP contribution in [0.15, 0.2) is 17.8 Å². The molecular weight excluding hydrogens is 258 g/mol. The number of piperidine rings is 1. The van der Waals surface area contributed by atoms with Gasteiger partial charge in [-0.05, 0) is 25.9 Å². The Bertz CT molecular complexity index is 562. The van der Waals surface area contributed by atoms with Crippen LogP contribution in [0.4, 0.5) is 0 Å². The third kappa shape index (κ3) is 2.37. The second-order valence-corrected chi connectivity index (χ2v) is 6.45. The van der Waals surface area contributed by atoms with Crippen molar-refractivity contribution in [3.63, 3.8) is 0 Å². The lowest BCUT2D eigenvalue weighted by Gasteiger charge is -2.38. The highest BCUT2D eigenvalue weighted by atomic mass is 32.1. The van der Waals surface area contributed by atoms with E-state index in [9.17, 15) is 0 Å². The first-order valence-electron chi connectivity index (χ1n) is 6.55. The highest BCUT2D eigenvalue weighted by molar-refractivity contribution is 7.15. The highest BCUT2D eigenvalue weighted by Gasteiger charge is 2.32. The van der Waals surface area contributed by atoms with Crippen LogP contribution in [0, 0.1) is 10.8 Å². The molecule has 0 aromatic carbocycles. The van der Waals surface area contributed by atoms with Gasteiger partial charge in [-0.2, -0.15) is 0 Å². The predicted molar refractivity (Wildman–Crippen MR) is 77.6 cm³/mol. The standard InChI is InChI=1S/C13H19N5S/c1-13(11(14)15)2-4-17(5-3-13)8-10-9-18-6-7-19-12(18)16-10/h6-7,9H,2-5,8H2,1H3,(H3,14,15). The molecule has 0 unspecified atom stereocenters. The number of thiazole rings is 1. The van der Waals surface area contributed by atoms with Crippen LogP contribution in [0.1, 0.15) is 25.5 Å². The lowest BCUT2D eigenvalue weighted by molar-refractivity contribution is 0.154. The van der Waals surface area contributed by atoms with Gasteiger partial charge < -0.3 is 5.73 Å². The molecule has 19 heavy (non-hydrogen) atoms. The molecule has 2 aromatic heterocycles. The second kappa shape index (κ2) is 4.61. The van der Waals surface area contributed by atoms with Crippen molar-refractivity contribution in [2.45, 2.75) is 26.3 Å². The van der Waals surface area contributed by atoms with Gasteiger partial charge in [0.1, 0.15) is 0 Å². The summed E-state index contributed by atoms with van der Waals surface area (Å²) < 4.78 is 2.07. The molecular formula is C13H19N5S. The third-order valence-corrected chi connectivity index (χ3v) is 4.91. The fourth-order valence-electron chi connectivity index (χ4n) is 2.56. The molecule has 5 nitrogen and oxygen atoms in total. The Morgan fingerprint density at radius 3 is 2.89 bits per heavy atom. The number of rotatable bonds is 3. The van der Waals surface area contributed by atoms with E-state index in [0.29, 0.717) is 5.84 Å². The largest absolute Gasteiger partial charge is 0.387 e. The van der Waals surface area contributed by atoms with Crippen molar-refractivity contribution < 1.29 is 0 Å². The summed E-state index contributed by atoms with van der Waals surface area (Å²) >= 11 is 1.66. The fourth-order valence-corrected chi connectivity index (χ4v) is 3.27. The van der Waals surface area contributed by atoms with Crippen LogP contribution in [0.5, 0.6) is 0 Å². The van der Waals surface area contributed by atoms with Gasteiger partial charge in [-0.3, -0.25) is 14.7 Å². The smallest absolute Gasteiger partial charge is 0.193 e. The van der Waals surface area contributed by atoms with Gasteiger partial charge in [0.25, 0.3) is 0 Å². The topological polar surface area (TPSA) is 70.4 Å². The summed E-state index contributed by atoms with van der Waals surface area (Å²) in [6.45, 7) is 4.96. The zero-order valence-electron chi connectivity index (χ0n) is 11.1. The number of imidazole rings is 1. The number of fused-ring (bicyclic) bond motifs is 1. The van der Waals surface area contributed by atoms with Crippen molar-refractivity contribution in [1.82, 2.24) is 14.3 Å². The third-order valence-electron chi connectivity index (χ3n) is 4.14. The minimum Gasteiger partial charge on any atom is -0.387 e. The highest BCUT2D eigenvalue weighted by Crippen LogP contribution is 2.31. The lowest BCUT2D eigenvalue weighted by Crippen LogP contribution is -2.44. The molecule has 0 amide bonds. The Labute approximate surface area is 116 Å². The number of aromatic nitrogens is 2. The molecule has 102 valence electrons. The molecule has 6 heteroatoms. The fraction of sp³-hybridized carbons (Fsp3) is 0.538. The van der Waals surface area contributed by atoms with Gasteiger partial charge in [-0.15, -0.1) is 11.3 Å². The maximum absolute atomic E-state index is 7.67. The van der Waals surface area contributed by atoms with Gasteiger partial charge in [-0.1, -0.05) is 6.92 Å². The van der Waals surface area contributed by atoms with Crippen LogP contribution in [0.3, 0.4) is 0 Å². The lowest BCUT2D eigenvalue weighted by atomic mass is 9.79. The Balaban J connectivity index is 1.63. The number of amidine groups is 1. The van der Waals surface area contributed by atoms with Crippen LogP contribution in [0.25, 0.3) is 4.96 Å². The van der Waals surface area contributed by atoms with E-state index in [1.54, 1.807) is 11.3 Å². The van der Waals surface area contributed by atoms with Crippen molar-refractivity contribution >= 4 is 22.1 Å². The van der Waals surface area contributed by atoms with Crippen molar-refractivity contribution in [3.05, 3.63) is 23.5 Å². The molecule has 3 N–H and O–H groups in total. The minimum atomic E-state index is -0.106. The molecule has 1 fully saturated rings. The van der Waals surface area contributed by atoms with Crippen molar-refractivity contribution in [2.75, 3.05) is 13.1 Å². The van der Waals surface area contributed by atoms with Gasteiger partial charge in [0.15, 0.2) is 4.96 Å². The number of hydrogen-bond acceptors (Lipinski definition) is 4. The van der Waals surface area contributed by atoms with Gasteiger partial charge in [-0.25, -0.2) is 4.98 Å². The Morgan fingerprint density at radius 1 is 1.53 bits per heavy atom. The summed E-state index contributed by atoms with van der Waals surface area (Å²) in [5.41, 5.74) is 6.70. The summed E-state index contributed by atoms with van der Waals surface area (Å²) in [5.74, 6) is 0.328. The number of nitrogens with one attached hydrogen (secondary N) is 1. The number of nitrogens with zero attached hydrogens (tertiary/aromatic N) is 3. The van der Waals surface area contributed by atoms with Crippen molar-refractivity contribution in [1.29, 1.82) is 5.41 Å². The minimum absolute atomic E-state index is 0.106. The van der Waals surface area contributed by atoms with Crippen molar-refractivity contribution in [3.8, 4) is 0 Å². The maximum atomic E-state index is 7.67. The first-order valence-corrected chi connectivity index (χ1v) is 7.43. The van der Waals surface area contributed by atoms with Gasteiger partial charge in [0.2, 0.25) is 0 Å². The molecule has 2 aromatic rings. The van der Waals surface area contributed by atoms with E-state index in [0.717, 1.165) is 43.1 Å². The first kappa shape index (κ1) is 12.6. The van der Waals surface area contributed by atoms with Crippen LogP contribution in [0.2, 0.25) is 0 Å². The molecule has 0 bridgehead atoms. The Kier molecular flexibility index (Phi) is 3.06. The Morgan fingerprint density at radius 2 is 2.26 bits per heavy atom. The quantitative estimate of drug-likeness (QED) is 0.665. The van der Waals surface area contributed by atoms with Crippen molar-refractivity contribution in [2.24, 2.45) is 11.1 Å². The average Bonchev–Trinajstić information content (AvgIpc) is 2.92. The van der Waals surface area contributed by atoms with E-state index in [1.807, 2.05) is 11.6 Å². The summed E-state index contributed by atoms with van der Waals surface area (Å²) in [7, 11) is 0. The molecule has 0 radical (unpaired) electrons. The normalized spacial score (nSPS) is 19.8. The van der Waals surface area contributed by atoms with Crippen LogP contribution in [-0.4, -0.2) is 33.2 Å². The number of nitrogens with two attached hydrogens (primary N) is 1. The van der Waals surface area contributed by atoms with E-state index in [1.165, 1.54) is 0 Å². The van der Waals surface area contributed by atoms with Gasteiger partial charge in [0, 0.05) is 29.7 Å². The maximum Gasteiger partial charge on any atom is 0.193 e. The molecule has 0 aliphatic carbocycles.